The number of likely N-dealkylation sites (tertiary alicyclic amines) is 1. The highest BCUT2D eigenvalue weighted by atomic mass is 19.3. The van der Waals surface area contributed by atoms with Crippen molar-refractivity contribution in [2.75, 3.05) is 19.7 Å². The highest BCUT2D eigenvalue weighted by Crippen LogP contribution is 2.45. The van der Waals surface area contributed by atoms with Crippen molar-refractivity contribution in [3.8, 4) is 0 Å². The van der Waals surface area contributed by atoms with Gasteiger partial charge in [-0.15, -0.1) is 0 Å². The maximum atomic E-state index is 15.1. The molecule has 4 N–H and O–H groups in total. The number of halogens is 3. The van der Waals surface area contributed by atoms with Crippen LogP contribution in [0, 0.1) is 5.92 Å². The van der Waals surface area contributed by atoms with Gasteiger partial charge in [0.25, 0.3) is 11.5 Å². The normalized spacial score (nSPS) is 30.6. The predicted molar refractivity (Wildman–Crippen MR) is 91.1 cm³/mol. The molecule has 148 valence electrons. The summed E-state index contributed by atoms with van der Waals surface area (Å²) in [5, 5.41) is 9.23. The Morgan fingerprint density at radius 3 is 2.56 bits per heavy atom. The quantitative estimate of drug-likeness (QED) is 0.702. The molecule has 1 saturated carbocycles. The third-order valence-corrected chi connectivity index (χ3v) is 5.87. The van der Waals surface area contributed by atoms with Gasteiger partial charge in [0.05, 0.1) is 36.4 Å². The van der Waals surface area contributed by atoms with Crippen molar-refractivity contribution in [3.05, 3.63) is 37.9 Å². The van der Waals surface area contributed by atoms with Gasteiger partial charge >= 0.3 is 5.69 Å². The Bertz CT molecular complexity index is 934. The molecule has 1 aromatic rings. The average molecular weight is 386 g/mol. The van der Waals surface area contributed by atoms with Crippen molar-refractivity contribution in [2.24, 2.45) is 11.7 Å². The Morgan fingerprint density at radius 2 is 2.00 bits per heavy atom. The van der Waals surface area contributed by atoms with Crippen LogP contribution in [-0.2, 0) is 0 Å². The molecule has 1 saturated heterocycles. The molecular formula is C17H21F3N4O3. The zero-order chi connectivity index (χ0) is 19.7. The average Bonchev–Trinajstić information content (AvgIpc) is 3.36. The molecular weight excluding hydrogens is 365 g/mol. The monoisotopic (exact) mass is 386 g/mol. The van der Waals surface area contributed by atoms with Crippen LogP contribution in [0.1, 0.15) is 43.0 Å². The van der Waals surface area contributed by atoms with Gasteiger partial charge in [0, 0.05) is 24.2 Å². The third-order valence-electron chi connectivity index (χ3n) is 5.87. The minimum absolute atomic E-state index is 0.0904. The molecule has 0 radical (unpaired) electrons. The Labute approximate surface area is 152 Å². The molecule has 27 heavy (non-hydrogen) atoms. The Morgan fingerprint density at radius 1 is 1.33 bits per heavy atom. The van der Waals surface area contributed by atoms with Gasteiger partial charge in [-0.2, -0.15) is 0 Å². The minimum atomic E-state index is -3.16. The van der Waals surface area contributed by atoms with E-state index in [0.29, 0.717) is 5.69 Å². The first-order chi connectivity index (χ1) is 12.7. The van der Waals surface area contributed by atoms with Crippen molar-refractivity contribution in [2.45, 2.75) is 43.7 Å². The van der Waals surface area contributed by atoms with E-state index in [1.807, 2.05) is 0 Å². The molecule has 10 heteroatoms. The number of aliphatic hydroxyl groups excluding tert-OH is 1. The first-order valence-corrected chi connectivity index (χ1v) is 8.94. The van der Waals surface area contributed by atoms with Crippen molar-refractivity contribution in [3.63, 3.8) is 0 Å². The van der Waals surface area contributed by atoms with Gasteiger partial charge in [0.1, 0.15) is 5.83 Å². The van der Waals surface area contributed by atoms with E-state index in [1.165, 1.54) is 9.47 Å². The fourth-order valence-corrected chi connectivity index (χ4v) is 4.38. The maximum Gasteiger partial charge on any atom is 0.328 e. The van der Waals surface area contributed by atoms with Crippen LogP contribution < -0.4 is 17.0 Å². The van der Waals surface area contributed by atoms with Gasteiger partial charge in [0.2, 0.25) is 0 Å². The number of hydrogen-bond acceptors (Lipinski definition) is 5. The van der Waals surface area contributed by atoms with Crippen LogP contribution in [0.2, 0.25) is 0 Å². The number of aromatic nitrogens is 2. The number of aromatic amines is 1. The summed E-state index contributed by atoms with van der Waals surface area (Å²) in [5.74, 6) is -6.04. The van der Waals surface area contributed by atoms with Gasteiger partial charge in [-0.3, -0.25) is 19.2 Å². The van der Waals surface area contributed by atoms with E-state index < -0.39 is 59.7 Å². The van der Waals surface area contributed by atoms with E-state index in [2.05, 4.69) is 4.98 Å². The number of aliphatic hydroxyl groups is 1. The lowest BCUT2D eigenvalue weighted by molar-refractivity contribution is -0.0445. The first kappa shape index (κ1) is 18.3. The van der Waals surface area contributed by atoms with E-state index in [1.54, 1.807) is 6.92 Å². The van der Waals surface area contributed by atoms with Crippen LogP contribution in [0.5, 0.6) is 0 Å². The van der Waals surface area contributed by atoms with Gasteiger partial charge in [-0.1, -0.05) is 6.92 Å². The molecule has 2 aliphatic carbocycles. The van der Waals surface area contributed by atoms with Crippen molar-refractivity contribution in [1.82, 2.24) is 14.5 Å². The molecule has 0 bridgehead atoms. The molecule has 2 heterocycles. The second kappa shape index (κ2) is 5.96. The predicted octanol–water partition coefficient (Wildman–Crippen LogP) is 0.513. The molecule has 2 fully saturated rings. The Kier molecular flexibility index (Phi) is 4.04. The largest absolute Gasteiger partial charge is 0.396 e. The Hall–Kier alpha value is -2.07. The third kappa shape index (κ3) is 2.65. The minimum Gasteiger partial charge on any atom is -0.396 e. The number of rotatable bonds is 3. The summed E-state index contributed by atoms with van der Waals surface area (Å²) >= 11 is 0. The highest BCUT2D eigenvalue weighted by Gasteiger charge is 2.52. The summed E-state index contributed by atoms with van der Waals surface area (Å²) in [5.41, 5.74) is 4.31. The molecule has 1 aromatic heterocycles. The van der Waals surface area contributed by atoms with E-state index in [4.69, 9.17) is 5.73 Å². The topological polar surface area (TPSA) is 104 Å². The number of H-pyrrole nitrogens is 1. The van der Waals surface area contributed by atoms with Crippen LogP contribution in [-0.4, -0.2) is 51.2 Å². The van der Waals surface area contributed by atoms with Gasteiger partial charge in [-0.25, -0.2) is 18.0 Å². The lowest BCUT2D eigenvalue weighted by atomic mass is 9.85. The summed E-state index contributed by atoms with van der Waals surface area (Å²) in [6, 6.07) is -1.23. The molecule has 0 spiro atoms. The SMILES string of the molecule is CC1c2c(c(=O)[nH]c(=O)n2C2CC2)C(N)=C(F)C1N1CC(CO)C(F)(F)C1. The standard InChI is InChI=1S/C17H21F3N4O3/c1-7-13-10(15(26)22-16(27)24(13)9-2-3-9)12(21)11(18)14(7)23-4-8(5-25)17(19,20)6-23/h7-9,14,25H,2-6,21H2,1H3,(H,22,26,27). The van der Waals surface area contributed by atoms with Crippen molar-refractivity contribution >= 4 is 5.70 Å². The van der Waals surface area contributed by atoms with E-state index in [-0.39, 0.29) is 18.2 Å². The molecule has 3 unspecified atom stereocenters. The molecule has 3 atom stereocenters. The number of nitrogens with one attached hydrogen (secondary N) is 1. The van der Waals surface area contributed by atoms with Gasteiger partial charge < -0.3 is 10.8 Å². The smallest absolute Gasteiger partial charge is 0.328 e. The molecule has 1 aliphatic heterocycles. The number of fused-ring (bicyclic) bond motifs is 1. The lowest BCUT2D eigenvalue weighted by Gasteiger charge is -2.37. The van der Waals surface area contributed by atoms with Crippen LogP contribution in [0.25, 0.3) is 5.70 Å². The molecule has 4 rings (SSSR count). The van der Waals surface area contributed by atoms with Crippen LogP contribution >= 0.6 is 0 Å². The van der Waals surface area contributed by atoms with Crippen LogP contribution in [0.4, 0.5) is 13.2 Å². The highest BCUT2D eigenvalue weighted by molar-refractivity contribution is 5.70. The number of nitrogens with zero attached hydrogens (tertiary/aromatic N) is 2. The van der Waals surface area contributed by atoms with Gasteiger partial charge in [0.15, 0.2) is 0 Å². The fourth-order valence-electron chi connectivity index (χ4n) is 4.38. The van der Waals surface area contributed by atoms with E-state index in [0.717, 1.165) is 12.8 Å². The summed E-state index contributed by atoms with van der Waals surface area (Å²) in [7, 11) is 0. The molecule has 3 aliphatic rings. The van der Waals surface area contributed by atoms with Crippen LogP contribution in [0.3, 0.4) is 0 Å². The number of hydrogen-bond donors (Lipinski definition) is 3. The van der Waals surface area contributed by atoms with Crippen LogP contribution in [0.15, 0.2) is 15.4 Å². The molecule has 0 amide bonds. The lowest BCUT2D eigenvalue weighted by Crippen LogP contribution is -2.47. The fraction of sp³-hybridized carbons (Fsp3) is 0.647. The molecule has 0 aromatic carbocycles. The van der Waals surface area contributed by atoms with Crippen molar-refractivity contribution in [1.29, 1.82) is 0 Å². The summed E-state index contributed by atoms with van der Waals surface area (Å²) < 4.78 is 44.8. The number of nitrogens with two attached hydrogens (primary N) is 1. The first-order valence-electron chi connectivity index (χ1n) is 8.94. The zero-order valence-electron chi connectivity index (χ0n) is 14.7. The van der Waals surface area contributed by atoms with E-state index >= 15 is 4.39 Å². The second-order valence-corrected chi connectivity index (χ2v) is 7.69. The summed E-state index contributed by atoms with van der Waals surface area (Å²) in [6.45, 7) is -0.0301. The van der Waals surface area contributed by atoms with Gasteiger partial charge in [-0.05, 0) is 12.8 Å². The molecule has 7 nitrogen and oxygen atoms in total. The zero-order valence-corrected chi connectivity index (χ0v) is 14.7. The summed E-state index contributed by atoms with van der Waals surface area (Å²) in [6.07, 6.45) is 1.49. The second-order valence-electron chi connectivity index (χ2n) is 7.69. The van der Waals surface area contributed by atoms with E-state index in [9.17, 15) is 23.5 Å². The number of alkyl halides is 2. The Balaban J connectivity index is 1.85. The van der Waals surface area contributed by atoms with Crippen molar-refractivity contribution < 1.29 is 18.3 Å². The maximum absolute atomic E-state index is 15.1. The summed E-state index contributed by atoms with van der Waals surface area (Å²) in [4.78, 5) is 28.1.